The first-order chi connectivity index (χ1) is 27.8. The van der Waals surface area contributed by atoms with Crippen molar-refractivity contribution in [2.24, 2.45) is 0 Å². The van der Waals surface area contributed by atoms with Gasteiger partial charge in [0.05, 0.1) is 11.4 Å². The third kappa shape index (κ3) is 6.01. The standard InChI is InChI=1S/C56H47N/c1-55(2)34-35-56(3,4)52-37-40(30-33-51(52)55)38-28-31-42(32-29-38)57(53-26-13-11-23-48(53)46-25-15-18-39-16-5-7-19-43(39)46)54-27-14-12-24-49(54)50-36-41-17-6-8-20-44(41)45-21-9-10-22-47(45)50/h5-33,36-37H,34-35H2,1-4H3. The number of hydrogen-bond donors (Lipinski definition) is 0. The van der Waals surface area contributed by atoms with E-state index in [9.17, 15) is 0 Å². The highest BCUT2D eigenvalue weighted by Crippen LogP contribution is 2.49. The summed E-state index contributed by atoms with van der Waals surface area (Å²) < 4.78 is 0. The number of para-hydroxylation sites is 2. The summed E-state index contributed by atoms with van der Waals surface area (Å²) in [6, 6.07) is 69.7. The van der Waals surface area contributed by atoms with Crippen LogP contribution in [0.4, 0.5) is 17.1 Å². The van der Waals surface area contributed by atoms with Crippen LogP contribution in [-0.2, 0) is 10.8 Å². The lowest BCUT2D eigenvalue weighted by molar-refractivity contribution is 0.332. The van der Waals surface area contributed by atoms with E-state index < -0.39 is 0 Å². The van der Waals surface area contributed by atoms with Crippen molar-refractivity contribution in [2.45, 2.75) is 51.4 Å². The summed E-state index contributed by atoms with van der Waals surface area (Å²) in [5.74, 6) is 0. The molecule has 57 heavy (non-hydrogen) atoms. The lowest BCUT2D eigenvalue weighted by Crippen LogP contribution is -2.33. The van der Waals surface area contributed by atoms with E-state index in [4.69, 9.17) is 0 Å². The average molecular weight is 734 g/mol. The number of anilines is 3. The van der Waals surface area contributed by atoms with Crippen LogP contribution in [0.3, 0.4) is 0 Å². The van der Waals surface area contributed by atoms with Gasteiger partial charge in [0.1, 0.15) is 0 Å². The summed E-state index contributed by atoms with van der Waals surface area (Å²) in [5, 5.41) is 7.51. The number of fused-ring (bicyclic) bond motifs is 5. The van der Waals surface area contributed by atoms with Crippen LogP contribution in [0.25, 0.3) is 65.7 Å². The molecule has 0 amide bonds. The normalized spacial score (nSPS) is 14.5. The SMILES string of the molecule is CC1(C)CCC(C)(C)c2cc(-c3ccc(N(c4ccccc4-c4cccc5ccccc45)c4ccccc4-c4cc5ccccc5c5ccccc45)cc3)ccc21. The zero-order valence-electron chi connectivity index (χ0n) is 33.3. The number of benzene rings is 9. The molecule has 1 aliphatic carbocycles. The third-order valence-electron chi connectivity index (χ3n) is 12.7. The van der Waals surface area contributed by atoms with Gasteiger partial charge in [0.15, 0.2) is 0 Å². The molecule has 0 aliphatic heterocycles. The molecule has 1 heteroatoms. The van der Waals surface area contributed by atoms with Crippen LogP contribution in [0, 0.1) is 0 Å². The van der Waals surface area contributed by atoms with Crippen LogP contribution < -0.4 is 4.90 Å². The Bertz CT molecular complexity index is 2960. The molecule has 0 heterocycles. The van der Waals surface area contributed by atoms with Crippen molar-refractivity contribution >= 4 is 49.4 Å². The Morgan fingerprint density at radius 1 is 0.351 bits per heavy atom. The second-order valence-corrected chi connectivity index (χ2v) is 17.2. The molecular formula is C56H47N. The van der Waals surface area contributed by atoms with Crippen LogP contribution >= 0.6 is 0 Å². The highest BCUT2D eigenvalue weighted by molar-refractivity contribution is 6.15. The van der Waals surface area contributed by atoms with Gasteiger partial charge in [-0.1, -0.05) is 185 Å². The predicted octanol–water partition coefficient (Wildman–Crippen LogP) is 16.0. The maximum atomic E-state index is 2.48. The predicted molar refractivity (Wildman–Crippen MR) is 245 cm³/mol. The molecule has 0 saturated heterocycles. The molecule has 0 spiro atoms. The van der Waals surface area contributed by atoms with Gasteiger partial charge >= 0.3 is 0 Å². The molecule has 0 N–H and O–H groups in total. The Kier molecular flexibility index (Phi) is 8.38. The molecule has 276 valence electrons. The molecular weight excluding hydrogens is 687 g/mol. The van der Waals surface area contributed by atoms with Crippen molar-refractivity contribution in [3.05, 3.63) is 199 Å². The molecule has 1 nitrogen and oxygen atoms in total. The minimum absolute atomic E-state index is 0.152. The van der Waals surface area contributed by atoms with Gasteiger partial charge in [0.2, 0.25) is 0 Å². The van der Waals surface area contributed by atoms with Gasteiger partial charge in [-0.15, -0.1) is 0 Å². The van der Waals surface area contributed by atoms with Crippen molar-refractivity contribution in [3.8, 4) is 33.4 Å². The molecule has 0 radical (unpaired) electrons. The van der Waals surface area contributed by atoms with Gasteiger partial charge in [-0.25, -0.2) is 0 Å². The van der Waals surface area contributed by atoms with Crippen molar-refractivity contribution in [1.29, 1.82) is 0 Å². The topological polar surface area (TPSA) is 3.24 Å². The van der Waals surface area contributed by atoms with Gasteiger partial charge in [-0.2, -0.15) is 0 Å². The number of hydrogen-bond acceptors (Lipinski definition) is 1. The average Bonchev–Trinajstić information content (AvgIpc) is 3.25. The summed E-state index contributed by atoms with van der Waals surface area (Å²) in [7, 11) is 0. The van der Waals surface area contributed by atoms with Gasteiger partial charge in [0, 0.05) is 16.8 Å². The fraction of sp³-hybridized carbons (Fsp3) is 0.143. The van der Waals surface area contributed by atoms with E-state index in [2.05, 4.69) is 221 Å². The zero-order chi connectivity index (χ0) is 38.7. The Morgan fingerprint density at radius 3 is 1.58 bits per heavy atom. The molecule has 0 bridgehead atoms. The van der Waals surface area contributed by atoms with Crippen molar-refractivity contribution in [2.75, 3.05) is 4.90 Å². The Morgan fingerprint density at radius 2 is 0.860 bits per heavy atom. The fourth-order valence-electron chi connectivity index (χ4n) is 9.51. The summed E-state index contributed by atoms with van der Waals surface area (Å²) in [5.41, 5.74) is 14.0. The van der Waals surface area contributed by atoms with E-state index in [-0.39, 0.29) is 10.8 Å². The second-order valence-electron chi connectivity index (χ2n) is 17.2. The second kappa shape index (κ2) is 13.6. The Balaban J connectivity index is 1.19. The summed E-state index contributed by atoms with van der Waals surface area (Å²) in [6.45, 7) is 9.63. The molecule has 0 aromatic heterocycles. The Hall–Kier alpha value is -6.44. The highest BCUT2D eigenvalue weighted by Gasteiger charge is 2.37. The van der Waals surface area contributed by atoms with E-state index in [0.29, 0.717) is 0 Å². The van der Waals surface area contributed by atoms with Crippen molar-refractivity contribution < 1.29 is 0 Å². The van der Waals surface area contributed by atoms with E-state index in [1.165, 1.54) is 89.7 Å². The smallest absolute Gasteiger partial charge is 0.0540 e. The summed E-state index contributed by atoms with van der Waals surface area (Å²) >= 11 is 0. The molecule has 10 rings (SSSR count). The molecule has 0 atom stereocenters. The first-order valence-electron chi connectivity index (χ1n) is 20.4. The third-order valence-corrected chi connectivity index (χ3v) is 12.7. The van der Waals surface area contributed by atoms with E-state index in [0.717, 1.165) is 17.1 Å². The first kappa shape index (κ1) is 35.0. The van der Waals surface area contributed by atoms with E-state index in [1.54, 1.807) is 0 Å². The first-order valence-corrected chi connectivity index (χ1v) is 20.4. The number of rotatable bonds is 6. The highest BCUT2D eigenvalue weighted by atomic mass is 15.1. The maximum Gasteiger partial charge on any atom is 0.0540 e. The lowest BCUT2D eigenvalue weighted by atomic mass is 9.63. The van der Waals surface area contributed by atoms with Crippen LogP contribution in [0.2, 0.25) is 0 Å². The minimum atomic E-state index is 0.152. The zero-order valence-corrected chi connectivity index (χ0v) is 33.3. The molecule has 9 aromatic carbocycles. The largest absolute Gasteiger partial charge is 0.309 e. The fourth-order valence-corrected chi connectivity index (χ4v) is 9.51. The van der Waals surface area contributed by atoms with Crippen LogP contribution in [0.1, 0.15) is 51.7 Å². The summed E-state index contributed by atoms with van der Waals surface area (Å²) in [4.78, 5) is 2.48. The van der Waals surface area contributed by atoms with Crippen LogP contribution in [0.5, 0.6) is 0 Å². The quantitative estimate of drug-likeness (QED) is 0.154. The minimum Gasteiger partial charge on any atom is -0.309 e. The monoisotopic (exact) mass is 733 g/mol. The molecule has 1 aliphatic rings. The molecule has 9 aromatic rings. The Labute approximate surface area is 336 Å². The summed E-state index contributed by atoms with van der Waals surface area (Å²) in [6.07, 6.45) is 2.42. The number of nitrogens with zero attached hydrogens (tertiary/aromatic N) is 1. The molecule has 0 fully saturated rings. The lowest BCUT2D eigenvalue weighted by Gasteiger charge is -2.42. The molecule has 0 unspecified atom stereocenters. The van der Waals surface area contributed by atoms with Crippen LogP contribution in [-0.4, -0.2) is 0 Å². The molecule has 0 saturated carbocycles. The van der Waals surface area contributed by atoms with Crippen molar-refractivity contribution in [1.82, 2.24) is 0 Å². The van der Waals surface area contributed by atoms with Gasteiger partial charge in [-0.05, 0) is 120 Å². The van der Waals surface area contributed by atoms with E-state index >= 15 is 0 Å². The van der Waals surface area contributed by atoms with Gasteiger partial charge in [-0.3, -0.25) is 0 Å². The van der Waals surface area contributed by atoms with Crippen LogP contribution in [0.15, 0.2) is 188 Å². The van der Waals surface area contributed by atoms with Gasteiger partial charge in [0.25, 0.3) is 0 Å². The van der Waals surface area contributed by atoms with Gasteiger partial charge < -0.3 is 4.90 Å². The van der Waals surface area contributed by atoms with E-state index in [1.807, 2.05) is 0 Å². The van der Waals surface area contributed by atoms with Crippen molar-refractivity contribution in [3.63, 3.8) is 0 Å². The maximum absolute atomic E-state index is 2.48.